The molecule has 1 aliphatic heterocycles. The van der Waals surface area contributed by atoms with Crippen LogP contribution in [0.4, 0.5) is 0 Å². The van der Waals surface area contributed by atoms with Crippen LogP contribution in [0.15, 0.2) is 24.3 Å². The van der Waals surface area contributed by atoms with E-state index >= 15 is 0 Å². The molecule has 1 aromatic rings. The minimum atomic E-state index is -1.13. The molecule has 0 bridgehead atoms. The second-order valence-corrected chi connectivity index (χ2v) is 5.73. The summed E-state index contributed by atoms with van der Waals surface area (Å²) < 4.78 is 0. The van der Waals surface area contributed by atoms with Crippen molar-refractivity contribution in [3.05, 3.63) is 34.9 Å². The molecule has 0 aliphatic carbocycles. The Morgan fingerprint density at radius 3 is 2.71 bits per heavy atom. The van der Waals surface area contributed by atoms with Crippen LogP contribution in [0.1, 0.15) is 31.4 Å². The smallest absolute Gasteiger partial charge is 0.330 e. The molecule has 1 heterocycles. The summed E-state index contributed by atoms with van der Waals surface area (Å²) in [6.07, 6.45) is 1.38. The Morgan fingerprint density at radius 1 is 1.48 bits per heavy atom. The van der Waals surface area contributed by atoms with Crippen molar-refractivity contribution in [2.45, 2.75) is 25.8 Å². The predicted molar refractivity (Wildman–Crippen MR) is 80.2 cm³/mol. The lowest BCUT2D eigenvalue weighted by atomic mass is 9.83. The lowest BCUT2D eigenvalue weighted by Crippen LogP contribution is -2.45. The van der Waals surface area contributed by atoms with Gasteiger partial charge < -0.3 is 15.7 Å². The quantitative estimate of drug-likeness (QED) is 0.777. The molecule has 3 N–H and O–H groups in total. The normalized spacial score (nSPS) is 22.8. The zero-order valence-corrected chi connectivity index (χ0v) is 12.6. The topological polar surface area (TPSA) is 78.4 Å². The highest BCUT2D eigenvalue weighted by molar-refractivity contribution is 6.31. The van der Waals surface area contributed by atoms with E-state index in [1.807, 2.05) is 6.92 Å². The number of rotatable bonds is 5. The first kappa shape index (κ1) is 15.8. The number of carbonyl (C=O) groups is 2. The molecule has 0 spiro atoms. The highest BCUT2D eigenvalue weighted by Crippen LogP contribution is 2.31. The monoisotopic (exact) mass is 310 g/mol. The molecule has 5 nitrogen and oxygen atoms in total. The molecule has 1 saturated heterocycles. The van der Waals surface area contributed by atoms with E-state index in [1.165, 1.54) is 0 Å². The van der Waals surface area contributed by atoms with Gasteiger partial charge >= 0.3 is 5.97 Å². The molecule has 2 rings (SSSR count). The van der Waals surface area contributed by atoms with Crippen LogP contribution >= 0.6 is 11.6 Å². The Morgan fingerprint density at radius 2 is 2.19 bits per heavy atom. The summed E-state index contributed by atoms with van der Waals surface area (Å²) in [6.45, 7) is 3.28. The summed E-state index contributed by atoms with van der Waals surface area (Å²) in [5.74, 6) is -1.35. The van der Waals surface area contributed by atoms with Gasteiger partial charge in [-0.05, 0) is 25.5 Å². The van der Waals surface area contributed by atoms with Crippen molar-refractivity contribution in [3.63, 3.8) is 0 Å². The van der Waals surface area contributed by atoms with Crippen LogP contribution < -0.4 is 10.6 Å². The van der Waals surface area contributed by atoms with Gasteiger partial charge in [0.15, 0.2) is 6.04 Å². The summed E-state index contributed by atoms with van der Waals surface area (Å²) in [5, 5.41) is 15.6. The van der Waals surface area contributed by atoms with Crippen molar-refractivity contribution >= 4 is 23.5 Å². The molecule has 1 aliphatic rings. The number of nitrogens with one attached hydrogen (secondary N) is 2. The van der Waals surface area contributed by atoms with Crippen LogP contribution in [0, 0.1) is 5.41 Å². The maximum atomic E-state index is 12.5. The van der Waals surface area contributed by atoms with E-state index in [0.29, 0.717) is 30.0 Å². The Balaban J connectivity index is 2.23. The Kier molecular flexibility index (Phi) is 4.85. The van der Waals surface area contributed by atoms with Crippen molar-refractivity contribution in [1.29, 1.82) is 0 Å². The van der Waals surface area contributed by atoms with Crippen LogP contribution in [0.5, 0.6) is 0 Å². The summed E-state index contributed by atoms with van der Waals surface area (Å²) in [7, 11) is 0. The molecule has 1 unspecified atom stereocenters. The van der Waals surface area contributed by atoms with Crippen molar-refractivity contribution < 1.29 is 14.7 Å². The van der Waals surface area contributed by atoms with Gasteiger partial charge in [-0.25, -0.2) is 4.79 Å². The third-order valence-corrected chi connectivity index (χ3v) is 4.48. The van der Waals surface area contributed by atoms with Gasteiger partial charge in [-0.15, -0.1) is 0 Å². The number of aliphatic carboxylic acids is 1. The van der Waals surface area contributed by atoms with Gasteiger partial charge in [-0.1, -0.05) is 36.7 Å². The van der Waals surface area contributed by atoms with Crippen LogP contribution in [-0.2, 0) is 9.59 Å². The molecule has 114 valence electrons. The Hall–Kier alpha value is -1.59. The second kappa shape index (κ2) is 6.45. The first-order valence-corrected chi connectivity index (χ1v) is 7.37. The number of carbonyl (C=O) groups excluding carboxylic acids is 1. The average molecular weight is 311 g/mol. The molecule has 21 heavy (non-hydrogen) atoms. The van der Waals surface area contributed by atoms with Crippen molar-refractivity contribution in [1.82, 2.24) is 10.6 Å². The molecule has 1 fully saturated rings. The summed E-state index contributed by atoms with van der Waals surface area (Å²) >= 11 is 6.05. The fraction of sp³-hybridized carbons (Fsp3) is 0.467. The van der Waals surface area contributed by atoms with Crippen LogP contribution in [0.3, 0.4) is 0 Å². The predicted octanol–water partition coefficient (Wildman–Crippen LogP) is 1.97. The van der Waals surface area contributed by atoms with Gasteiger partial charge in [-0.3, -0.25) is 4.79 Å². The molecule has 6 heteroatoms. The molecule has 0 radical (unpaired) electrons. The maximum Gasteiger partial charge on any atom is 0.330 e. The van der Waals surface area contributed by atoms with E-state index in [4.69, 9.17) is 11.6 Å². The number of halogens is 1. The molecular formula is C15H19ClN2O3. The fourth-order valence-electron chi connectivity index (χ4n) is 2.67. The first-order chi connectivity index (χ1) is 10.00. The van der Waals surface area contributed by atoms with E-state index in [1.54, 1.807) is 24.3 Å². The average Bonchev–Trinajstić information content (AvgIpc) is 2.95. The van der Waals surface area contributed by atoms with Gasteiger partial charge in [0.05, 0.1) is 5.41 Å². The summed E-state index contributed by atoms with van der Waals surface area (Å²) in [4.78, 5) is 24.0. The van der Waals surface area contributed by atoms with Crippen molar-refractivity contribution in [2.75, 3.05) is 13.1 Å². The molecule has 0 aromatic heterocycles. The minimum Gasteiger partial charge on any atom is -0.479 e. The van der Waals surface area contributed by atoms with Gasteiger partial charge in [0.25, 0.3) is 0 Å². The SMILES string of the molecule is CCC1(C(=O)N[C@@H](C(=O)O)c2ccccc2Cl)CCNC1. The molecule has 1 amide bonds. The van der Waals surface area contributed by atoms with Crippen molar-refractivity contribution in [2.24, 2.45) is 5.41 Å². The Labute approximate surface area is 128 Å². The van der Waals surface area contributed by atoms with Gasteiger partial charge in [0.2, 0.25) is 5.91 Å². The fourth-order valence-corrected chi connectivity index (χ4v) is 2.91. The number of carboxylic acid groups (broad SMARTS) is 1. The molecule has 1 aromatic carbocycles. The van der Waals surface area contributed by atoms with E-state index in [-0.39, 0.29) is 5.91 Å². The highest BCUT2D eigenvalue weighted by atomic mass is 35.5. The van der Waals surface area contributed by atoms with E-state index < -0.39 is 17.4 Å². The number of hydrogen-bond donors (Lipinski definition) is 3. The number of amides is 1. The maximum absolute atomic E-state index is 12.5. The largest absolute Gasteiger partial charge is 0.479 e. The third-order valence-electron chi connectivity index (χ3n) is 4.14. The molecule has 2 atom stereocenters. The zero-order valence-electron chi connectivity index (χ0n) is 11.9. The van der Waals surface area contributed by atoms with E-state index in [0.717, 1.165) is 6.54 Å². The highest BCUT2D eigenvalue weighted by Gasteiger charge is 2.41. The van der Waals surface area contributed by atoms with Gasteiger partial charge in [0.1, 0.15) is 0 Å². The van der Waals surface area contributed by atoms with Gasteiger partial charge in [-0.2, -0.15) is 0 Å². The van der Waals surface area contributed by atoms with Crippen LogP contribution in [-0.4, -0.2) is 30.1 Å². The zero-order chi connectivity index (χ0) is 15.5. The van der Waals surface area contributed by atoms with Crippen LogP contribution in [0.25, 0.3) is 0 Å². The standard InChI is InChI=1S/C15H19ClN2O3/c1-2-15(7-8-17-9-15)14(21)18-12(13(19)20)10-5-3-4-6-11(10)16/h3-6,12,17H,2,7-9H2,1H3,(H,18,21)(H,19,20)/t12-,15?/m1/s1. The molecule has 0 saturated carbocycles. The Bertz CT molecular complexity index is 541. The minimum absolute atomic E-state index is 0.234. The summed E-state index contributed by atoms with van der Waals surface area (Å²) in [6, 6.07) is 5.53. The van der Waals surface area contributed by atoms with Crippen LogP contribution in [0.2, 0.25) is 5.02 Å². The number of benzene rings is 1. The second-order valence-electron chi connectivity index (χ2n) is 5.33. The van der Waals surface area contributed by atoms with Gasteiger partial charge in [0, 0.05) is 17.1 Å². The first-order valence-electron chi connectivity index (χ1n) is 6.99. The third kappa shape index (κ3) is 3.19. The number of carboxylic acids is 1. The van der Waals surface area contributed by atoms with E-state index in [2.05, 4.69) is 10.6 Å². The lowest BCUT2D eigenvalue weighted by Gasteiger charge is -2.27. The number of hydrogen-bond acceptors (Lipinski definition) is 3. The van der Waals surface area contributed by atoms with Crippen molar-refractivity contribution in [3.8, 4) is 0 Å². The molecular weight excluding hydrogens is 292 g/mol. The summed E-state index contributed by atoms with van der Waals surface area (Å²) in [5.41, 5.74) is -0.133. The van der Waals surface area contributed by atoms with E-state index in [9.17, 15) is 14.7 Å². The lowest BCUT2D eigenvalue weighted by molar-refractivity contribution is -0.144.